The van der Waals surface area contributed by atoms with E-state index in [0.29, 0.717) is 32.0 Å². The molecule has 35 heavy (non-hydrogen) atoms. The SMILES string of the molecule is CCC=CCC=CCC=CCC=CCC=CCC=CCCOC(=O)NCCC[Si](OC)(OC)OC. The Balaban J connectivity index is 3.66. The summed E-state index contributed by atoms with van der Waals surface area (Å²) in [5.41, 5.74) is 0. The Labute approximate surface area is 214 Å². The summed E-state index contributed by atoms with van der Waals surface area (Å²) < 4.78 is 21.2. The number of carbonyl (C=O) groups excluding carboxylic acids is 1. The summed E-state index contributed by atoms with van der Waals surface area (Å²) in [6.45, 7) is 3.00. The van der Waals surface area contributed by atoms with Crippen molar-refractivity contribution in [2.24, 2.45) is 0 Å². The number of amides is 1. The van der Waals surface area contributed by atoms with E-state index in [2.05, 4.69) is 79.1 Å². The molecule has 0 aliphatic carbocycles. The van der Waals surface area contributed by atoms with Crippen LogP contribution in [0.3, 0.4) is 0 Å². The van der Waals surface area contributed by atoms with Gasteiger partial charge in [-0.1, -0.05) is 79.8 Å². The molecule has 1 N–H and O–H groups in total. The van der Waals surface area contributed by atoms with E-state index in [1.807, 2.05) is 6.08 Å². The van der Waals surface area contributed by atoms with Gasteiger partial charge in [0.25, 0.3) is 0 Å². The topological polar surface area (TPSA) is 66.0 Å². The van der Waals surface area contributed by atoms with Gasteiger partial charge in [-0.2, -0.15) is 0 Å². The highest BCUT2D eigenvalue weighted by Gasteiger charge is 2.36. The largest absolute Gasteiger partial charge is 0.500 e. The Hall–Kier alpha value is -2.19. The van der Waals surface area contributed by atoms with Crippen LogP contribution < -0.4 is 5.32 Å². The van der Waals surface area contributed by atoms with E-state index in [1.165, 1.54) is 0 Å². The van der Waals surface area contributed by atoms with Crippen LogP contribution in [0.5, 0.6) is 0 Å². The van der Waals surface area contributed by atoms with Gasteiger partial charge in [0.1, 0.15) is 0 Å². The summed E-state index contributed by atoms with van der Waals surface area (Å²) >= 11 is 0. The van der Waals surface area contributed by atoms with Crippen LogP contribution in [-0.2, 0) is 18.0 Å². The fourth-order valence-electron chi connectivity index (χ4n) is 2.96. The van der Waals surface area contributed by atoms with Crippen molar-refractivity contribution in [3.05, 3.63) is 72.9 Å². The van der Waals surface area contributed by atoms with Crippen molar-refractivity contribution in [3.8, 4) is 0 Å². The van der Waals surface area contributed by atoms with Gasteiger partial charge < -0.3 is 23.3 Å². The molecule has 0 spiro atoms. The molecule has 0 aliphatic rings. The van der Waals surface area contributed by atoms with Crippen LogP contribution in [0.25, 0.3) is 0 Å². The Morgan fingerprint density at radius 1 is 0.686 bits per heavy atom. The zero-order chi connectivity index (χ0) is 25.9. The molecule has 0 atom stereocenters. The van der Waals surface area contributed by atoms with Crippen LogP contribution in [0, 0.1) is 0 Å². The van der Waals surface area contributed by atoms with Crippen LogP contribution in [0.1, 0.15) is 58.3 Å². The summed E-state index contributed by atoms with van der Waals surface area (Å²) in [4.78, 5) is 11.7. The van der Waals surface area contributed by atoms with Gasteiger partial charge in [0.2, 0.25) is 0 Å². The van der Waals surface area contributed by atoms with Gasteiger partial charge in [-0.15, -0.1) is 0 Å². The number of hydrogen-bond acceptors (Lipinski definition) is 5. The van der Waals surface area contributed by atoms with Crippen molar-refractivity contribution in [3.63, 3.8) is 0 Å². The number of nitrogens with one attached hydrogen (secondary N) is 1. The van der Waals surface area contributed by atoms with E-state index in [4.69, 9.17) is 18.0 Å². The zero-order valence-corrected chi connectivity index (χ0v) is 23.2. The van der Waals surface area contributed by atoms with Crippen molar-refractivity contribution in [1.82, 2.24) is 5.32 Å². The lowest BCUT2D eigenvalue weighted by Gasteiger charge is -2.24. The lowest BCUT2D eigenvalue weighted by molar-refractivity contribution is 0.122. The minimum absolute atomic E-state index is 0.362. The fourth-order valence-corrected chi connectivity index (χ4v) is 4.68. The predicted molar refractivity (Wildman–Crippen MR) is 148 cm³/mol. The molecule has 0 aromatic rings. The first-order valence-electron chi connectivity index (χ1n) is 12.6. The monoisotopic (exact) mass is 505 g/mol. The molecule has 0 aliphatic heterocycles. The molecule has 0 radical (unpaired) electrons. The molecule has 1 amide bonds. The van der Waals surface area contributed by atoms with Gasteiger partial charge in [0.15, 0.2) is 0 Å². The molecule has 6 nitrogen and oxygen atoms in total. The predicted octanol–water partition coefficient (Wildman–Crippen LogP) is 7.07. The van der Waals surface area contributed by atoms with Crippen molar-refractivity contribution in [1.29, 1.82) is 0 Å². The summed E-state index contributed by atoms with van der Waals surface area (Å²) in [5, 5.41) is 2.73. The van der Waals surface area contributed by atoms with Gasteiger partial charge in [-0.25, -0.2) is 4.79 Å². The van der Waals surface area contributed by atoms with E-state index in [-0.39, 0.29) is 0 Å². The van der Waals surface area contributed by atoms with E-state index < -0.39 is 14.9 Å². The first-order chi connectivity index (χ1) is 17.1. The summed E-state index contributed by atoms with van der Waals surface area (Å²) in [7, 11) is 2.16. The third-order valence-corrected chi connectivity index (χ3v) is 7.81. The van der Waals surface area contributed by atoms with Gasteiger partial charge in [0, 0.05) is 33.9 Å². The quantitative estimate of drug-likeness (QED) is 0.103. The molecular formula is C28H47NO5Si. The van der Waals surface area contributed by atoms with Crippen LogP contribution in [0.4, 0.5) is 4.79 Å². The summed E-state index contributed by atoms with van der Waals surface area (Å²) in [5.74, 6) is 0. The van der Waals surface area contributed by atoms with Crippen molar-refractivity contribution >= 4 is 14.9 Å². The van der Waals surface area contributed by atoms with Crippen molar-refractivity contribution in [2.45, 2.75) is 64.3 Å². The molecule has 0 heterocycles. The maximum absolute atomic E-state index is 11.7. The maximum atomic E-state index is 11.7. The van der Waals surface area contributed by atoms with Gasteiger partial charge >= 0.3 is 14.9 Å². The molecule has 0 unspecified atom stereocenters. The number of allylic oxidation sites excluding steroid dienone is 11. The Morgan fingerprint density at radius 2 is 1.11 bits per heavy atom. The third-order valence-electron chi connectivity index (χ3n) is 4.98. The highest BCUT2D eigenvalue weighted by molar-refractivity contribution is 6.60. The van der Waals surface area contributed by atoms with Crippen molar-refractivity contribution in [2.75, 3.05) is 34.5 Å². The average Bonchev–Trinajstić information content (AvgIpc) is 2.88. The highest BCUT2D eigenvalue weighted by Crippen LogP contribution is 2.14. The first kappa shape index (κ1) is 32.8. The minimum Gasteiger partial charge on any atom is -0.449 e. The van der Waals surface area contributed by atoms with E-state index in [9.17, 15) is 4.79 Å². The number of ether oxygens (including phenoxy) is 1. The minimum atomic E-state index is -2.58. The van der Waals surface area contributed by atoms with E-state index >= 15 is 0 Å². The normalized spacial score (nSPS) is 13.0. The highest BCUT2D eigenvalue weighted by atomic mass is 28.4. The number of alkyl carbamates (subject to hydrolysis) is 1. The zero-order valence-electron chi connectivity index (χ0n) is 22.2. The van der Waals surface area contributed by atoms with Crippen LogP contribution in [0.2, 0.25) is 6.04 Å². The van der Waals surface area contributed by atoms with Crippen LogP contribution in [-0.4, -0.2) is 49.4 Å². The first-order valence-corrected chi connectivity index (χ1v) is 14.5. The maximum Gasteiger partial charge on any atom is 0.500 e. The van der Waals surface area contributed by atoms with Gasteiger partial charge in [-0.05, 0) is 51.4 Å². The molecule has 0 aromatic heterocycles. The number of carbonyl (C=O) groups is 1. The molecule has 0 bridgehead atoms. The average molecular weight is 506 g/mol. The Kier molecular flexibility index (Phi) is 23.4. The molecule has 0 saturated heterocycles. The summed E-state index contributed by atoms with van der Waals surface area (Å²) in [6.07, 6.45) is 32.9. The number of hydrogen-bond donors (Lipinski definition) is 1. The molecule has 0 saturated carbocycles. The molecule has 0 fully saturated rings. The molecule has 198 valence electrons. The fraction of sp³-hybridized carbons (Fsp3) is 0.536. The van der Waals surface area contributed by atoms with Crippen molar-refractivity contribution < 1.29 is 22.8 Å². The lowest BCUT2D eigenvalue weighted by Crippen LogP contribution is -2.43. The standard InChI is InChI=1S/C28H47NO5Si/c1-5-6-7-8-9-10-11-12-13-14-15-16-17-18-19-20-21-22-23-26-34-28(30)29-25-24-27-35(31-2,32-3)33-4/h6-7,9-10,12-13,15-16,18-19,21-22H,5,8,11,14,17,20,23-27H2,1-4H3,(H,29,30). The van der Waals surface area contributed by atoms with Crippen LogP contribution in [0.15, 0.2) is 72.9 Å². The van der Waals surface area contributed by atoms with Gasteiger partial charge in [0.05, 0.1) is 6.61 Å². The number of rotatable bonds is 21. The molecule has 0 rings (SSSR count). The second-order valence-corrected chi connectivity index (χ2v) is 10.8. The molecule has 7 heteroatoms. The van der Waals surface area contributed by atoms with Gasteiger partial charge in [-0.3, -0.25) is 0 Å². The summed E-state index contributed by atoms with van der Waals surface area (Å²) in [6, 6.07) is 0.634. The second-order valence-electron chi connectivity index (χ2n) is 7.67. The Bertz CT molecular complexity index is 671. The lowest BCUT2D eigenvalue weighted by atomic mass is 10.2. The third kappa shape index (κ3) is 20.9. The van der Waals surface area contributed by atoms with E-state index in [0.717, 1.165) is 38.5 Å². The second kappa shape index (κ2) is 24.9. The van der Waals surface area contributed by atoms with E-state index in [1.54, 1.807) is 21.3 Å². The molecule has 0 aromatic carbocycles. The Morgan fingerprint density at radius 3 is 1.54 bits per heavy atom. The van der Waals surface area contributed by atoms with Crippen LogP contribution >= 0.6 is 0 Å². The smallest absolute Gasteiger partial charge is 0.449 e. The molecular weight excluding hydrogens is 458 g/mol.